The molecule has 230 valence electrons. The van der Waals surface area contributed by atoms with Gasteiger partial charge in [-0.1, -0.05) is 91.0 Å². The molecule has 0 radical (unpaired) electrons. The van der Waals surface area contributed by atoms with E-state index in [-0.39, 0.29) is 6.61 Å². The lowest BCUT2D eigenvalue weighted by molar-refractivity contribution is -0.0923. The average molecular weight is 618 g/mol. The van der Waals surface area contributed by atoms with E-state index in [1.165, 1.54) is 16.8 Å². The van der Waals surface area contributed by atoms with Crippen molar-refractivity contribution in [3.8, 4) is 0 Å². The summed E-state index contributed by atoms with van der Waals surface area (Å²) in [6, 6.07) is 30.1. The highest BCUT2D eigenvalue weighted by atomic mass is 32.2. The monoisotopic (exact) mass is 617 g/mol. The second kappa shape index (κ2) is 12.6. The molecule has 10 nitrogen and oxygen atoms in total. The van der Waals surface area contributed by atoms with Crippen LogP contribution in [0, 0.1) is 0 Å². The number of ether oxygens (including phenoxy) is 2. The molecule has 6 rings (SSSR count). The third kappa shape index (κ3) is 6.06. The molecule has 2 aliphatic heterocycles. The number of likely N-dealkylation sites (tertiary alicyclic amines) is 1. The minimum absolute atomic E-state index is 0.0716. The van der Waals surface area contributed by atoms with E-state index in [2.05, 4.69) is 9.88 Å². The van der Waals surface area contributed by atoms with Crippen LogP contribution in [0.15, 0.2) is 113 Å². The van der Waals surface area contributed by atoms with Crippen LogP contribution in [-0.4, -0.2) is 67.1 Å². The van der Waals surface area contributed by atoms with E-state index in [0.717, 1.165) is 35.8 Å². The summed E-state index contributed by atoms with van der Waals surface area (Å²) in [5.74, 6) is 0. The second-order valence-electron chi connectivity index (χ2n) is 11.2. The van der Waals surface area contributed by atoms with Gasteiger partial charge in [0.15, 0.2) is 6.23 Å². The number of H-pyrrole nitrogens is 1. The van der Waals surface area contributed by atoms with Gasteiger partial charge < -0.3 is 9.47 Å². The standard InChI is InChI=1S/C33H35N3O7S/c1-44(39,40)43-30-27(42-31(29(30)35-20-11-12-21-35)36-22-19-28(37)34-32(36)38)23-41-33(24-13-5-2-6-14-24,25-15-7-3-8-16-25)26-17-9-4-10-18-26/h2-10,13-19,22,27,29-31H,11-12,20-21,23H2,1H3,(H,34,37,38)/t27-,29-,30+,31-/m1/s1. The minimum atomic E-state index is -3.94. The van der Waals surface area contributed by atoms with Crippen LogP contribution in [0.4, 0.5) is 0 Å². The normalized spacial score (nSPS) is 22.8. The largest absolute Gasteiger partial charge is 0.358 e. The first-order valence-corrected chi connectivity index (χ1v) is 16.5. The summed E-state index contributed by atoms with van der Waals surface area (Å²) in [5.41, 5.74) is 0.350. The van der Waals surface area contributed by atoms with Crippen molar-refractivity contribution in [3.05, 3.63) is 141 Å². The maximum absolute atomic E-state index is 13.0. The fourth-order valence-corrected chi connectivity index (χ4v) is 7.08. The molecule has 3 aromatic carbocycles. The van der Waals surface area contributed by atoms with Gasteiger partial charge in [0, 0.05) is 12.3 Å². The highest BCUT2D eigenvalue weighted by Gasteiger charge is 2.52. The van der Waals surface area contributed by atoms with Gasteiger partial charge in [0.05, 0.1) is 18.9 Å². The van der Waals surface area contributed by atoms with Crippen LogP contribution in [0.25, 0.3) is 0 Å². The lowest BCUT2D eigenvalue weighted by Gasteiger charge is -2.37. The van der Waals surface area contributed by atoms with E-state index in [4.69, 9.17) is 13.7 Å². The van der Waals surface area contributed by atoms with Crippen molar-refractivity contribution in [2.24, 2.45) is 0 Å². The second-order valence-corrected chi connectivity index (χ2v) is 12.8. The summed E-state index contributed by atoms with van der Waals surface area (Å²) < 4.78 is 45.9. The molecule has 3 heterocycles. The van der Waals surface area contributed by atoms with Crippen molar-refractivity contribution in [3.63, 3.8) is 0 Å². The van der Waals surface area contributed by atoms with Crippen LogP contribution in [0.1, 0.15) is 35.8 Å². The molecular formula is C33H35N3O7S. The van der Waals surface area contributed by atoms with Gasteiger partial charge in [-0.3, -0.25) is 23.4 Å². The number of nitrogens with one attached hydrogen (secondary N) is 1. The Bertz CT molecular complexity index is 1680. The zero-order valence-corrected chi connectivity index (χ0v) is 25.1. The van der Waals surface area contributed by atoms with Gasteiger partial charge in [-0.2, -0.15) is 8.42 Å². The topological polar surface area (TPSA) is 120 Å². The SMILES string of the molecule is CS(=O)(=O)O[C@@H]1[C@@H](N2CCCC2)[C@H](n2ccc(=O)[nH]c2=O)O[C@@H]1COC(c1ccccc1)(c1ccccc1)c1ccccc1. The number of benzene rings is 3. The summed E-state index contributed by atoms with van der Waals surface area (Å²) in [6.45, 7) is 1.29. The molecule has 11 heteroatoms. The minimum Gasteiger partial charge on any atom is -0.358 e. The Morgan fingerprint density at radius 1 is 0.841 bits per heavy atom. The van der Waals surface area contributed by atoms with Crippen LogP contribution in [0.2, 0.25) is 0 Å². The fourth-order valence-electron chi connectivity index (χ4n) is 6.44. The lowest BCUT2D eigenvalue weighted by atomic mass is 9.80. The van der Waals surface area contributed by atoms with Crippen LogP contribution < -0.4 is 11.2 Å². The smallest absolute Gasteiger partial charge is 0.330 e. The zero-order valence-electron chi connectivity index (χ0n) is 24.3. The van der Waals surface area contributed by atoms with Gasteiger partial charge in [0.2, 0.25) is 0 Å². The van der Waals surface area contributed by atoms with E-state index >= 15 is 0 Å². The van der Waals surface area contributed by atoms with Crippen molar-refractivity contribution in [1.29, 1.82) is 0 Å². The number of hydrogen-bond donors (Lipinski definition) is 1. The number of aromatic amines is 1. The van der Waals surface area contributed by atoms with Crippen LogP contribution in [-0.2, 0) is 29.4 Å². The Morgan fingerprint density at radius 3 is 1.84 bits per heavy atom. The van der Waals surface area contributed by atoms with Gasteiger partial charge in [-0.25, -0.2) is 4.79 Å². The van der Waals surface area contributed by atoms with E-state index in [1.54, 1.807) is 0 Å². The van der Waals surface area contributed by atoms with Crippen LogP contribution in [0.3, 0.4) is 0 Å². The molecule has 0 saturated carbocycles. The molecule has 0 aliphatic carbocycles. The van der Waals surface area contributed by atoms with Gasteiger partial charge >= 0.3 is 5.69 Å². The molecule has 4 atom stereocenters. The van der Waals surface area contributed by atoms with Crippen molar-refractivity contribution in [2.45, 2.75) is 42.9 Å². The number of hydrogen-bond acceptors (Lipinski definition) is 8. The summed E-state index contributed by atoms with van der Waals surface area (Å²) in [4.78, 5) is 29.2. The van der Waals surface area contributed by atoms with Gasteiger partial charge in [-0.05, 0) is 42.6 Å². The van der Waals surface area contributed by atoms with Gasteiger partial charge in [-0.15, -0.1) is 0 Å². The molecule has 2 aliphatic rings. The number of rotatable bonds is 10. The lowest BCUT2D eigenvalue weighted by Crippen LogP contribution is -2.49. The van der Waals surface area contributed by atoms with E-state index in [0.29, 0.717) is 13.1 Å². The quantitative estimate of drug-likeness (QED) is 0.213. The van der Waals surface area contributed by atoms with E-state index < -0.39 is 51.4 Å². The molecular weight excluding hydrogens is 582 g/mol. The Balaban J connectivity index is 1.46. The molecule has 0 bridgehead atoms. The first kappa shape index (κ1) is 30.2. The molecule has 0 amide bonds. The first-order chi connectivity index (χ1) is 21.3. The van der Waals surface area contributed by atoms with Crippen molar-refractivity contribution in [2.75, 3.05) is 26.0 Å². The predicted octanol–water partition coefficient (Wildman–Crippen LogP) is 3.25. The Morgan fingerprint density at radius 2 is 1.36 bits per heavy atom. The molecule has 4 aromatic rings. The fraction of sp³-hybridized carbons (Fsp3) is 0.333. The van der Waals surface area contributed by atoms with Crippen molar-refractivity contribution in [1.82, 2.24) is 14.5 Å². The molecule has 44 heavy (non-hydrogen) atoms. The molecule has 2 fully saturated rings. The highest BCUT2D eigenvalue weighted by Crippen LogP contribution is 2.43. The van der Waals surface area contributed by atoms with Crippen LogP contribution >= 0.6 is 0 Å². The van der Waals surface area contributed by atoms with Crippen molar-refractivity contribution >= 4 is 10.1 Å². The Labute approximate surface area is 256 Å². The molecule has 1 N–H and O–H groups in total. The predicted molar refractivity (Wildman–Crippen MR) is 165 cm³/mol. The maximum atomic E-state index is 13.0. The Hall–Kier alpha value is -3.87. The average Bonchev–Trinajstić information content (AvgIpc) is 3.67. The van der Waals surface area contributed by atoms with Gasteiger partial charge in [0.25, 0.3) is 15.7 Å². The van der Waals surface area contributed by atoms with E-state index in [9.17, 15) is 18.0 Å². The highest BCUT2D eigenvalue weighted by molar-refractivity contribution is 7.86. The van der Waals surface area contributed by atoms with Gasteiger partial charge in [0.1, 0.15) is 17.8 Å². The third-order valence-corrected chi connectivity index (χ3v) is 8.86. The van der Waals surface area contributed by atoms with E-state index in [1.807, 2.05) is 91.0 Å². The summed E-state index contributed by atoms with van der Waals surface area (Å²) in [7, 11) is -3.94. The zero-order chi connectivity index (χ0) is 30.7. The number of nitrogens with zero attached hydrogens (tertiary/aromatic N) is 2. The first-order valence-electron chi connectivity index (χ1n) is 14.7. The maximum Gasteiger partial charge on any atom is 0.330 e. The van der Waals surface area contributed by atoms with Crippen molar-refractivity contribution < 1.29 is 22.1 Å². The summed E-state index contributed by atoms with van der Waals surface area (Å²) in [6.07, 6.45) is 1.38. The number of aromatic nitrogens is 2. The summed E-state index contributed by atoms with van der Waals surface area (Å²) in [5, 5.41) is 0. The third-order valence-electron chi connectivity index (χ3n) is 8.29. The molecule has 2 saturated heterocycles. The summed E-state index contributed by atoms with van der Waals surface area (Å²) >= 11 is 0. The molecule has 0 spiro atoms. The molecule has 0 unspecified atom stereocenters. The Kier molecular flexibility index (Phi) is 8.66. The molecule has 1 aromatic heterocycles. The van der Waals surface area contributed by atoms with Crippen LogP contribution in [0.5, 0.6) is 0 Å².